The number of H-pyrrole nitrogens is 1. The highest BCUT2D eigenvalue weighted by molar-refractivity contribution is 6.03. The third-order valence-corrected chi connectivity index (χ3v) is 5.40. The van der Waals surface area contributed by atoms with Gasteiger partial charge in [-0.1, -0.05) is 54.6 Å². The fourth-order valence-electron chi connectivity index (χ4n) is 3.82. The highest BCUT2D eigenvalue weighted by Gasteiger charge is 2.30. The molecule has 35 heavy (non-hydrogen) atoms. The number of halogens is 3. The minimum absolute atomic E-state index is 0.00538. The number of carbonyl (C=O) groups is 1. The van der Waals surface area contributed by atoms with Crippen LogP contribution in [0, 0.1) is 0 Å². The maximum atomic E-state index is 13.0. The van der Waals surface area contributed by atoms with Crippen molar-refractivity contribution in [2.45, 2.75) is 6.18 Å². The van der Waals surface area contributed by atoms with Crippen LogP contribution in [0.25, 0.3) is 33.3 Å². The standard InChI is InChI=1S/C25H17F3N6O/c26-25(27,28)17-7-4-8-18(14-17)29-24(35)30-22-12-11-16(13-21(22)23-31-33-34-32-23)20-10-3-6-15-5-1-2-9-19(15)20/h1-14H,(H2,29,30,35)(H,31,32,33,34). The average molecular weight is 474 g/mol. The summed E-state index contributed by atoms with van der Waals surface area (Å²) < 4.78 is 39.0. The first-order valence-electron chi connectivity index (χ1n) is 10.5. The number of benzene rings is 4. The number of rotatable bonds is 4. The van der Waals surface area contributed by atoms with Crippen molar-refractivity contribution >= 4 is 28.2 Å². The molecule has 1 heterocycles. The van der Waals surface area contributed by atoms with Crippen LogP contribution in [-0.2, 0) is 6.18 Å². The van der Waals surface area contributed by atoms with Crippen LogP contribution in [0.1, 0.15) is 5.56 Å². The molecule has 2 amide bonds. The molecule has 5 aromatic rings. The molecule has 0 atom stereocenters. The van der Waals surface area contributed by atoms with Crippen LogP contribution in [0.15, 0.2) is 84.9 Å². The van der Waals surface area contributed by atoms with Crippen molar-refractivity contribution in [1.82, 2.24) is 20.6 Å². The predicted molar refractivity (Wildman–Crippen MR) is 127 cm³/mol. The lowest BCUT2D eigenvalue weighted by molar-refractivity contribution is -0.137. The minimum Gasteiger partial charge on any atom is -0.308 e. The third-order valence-electron chi connectivity index (χ3n) is 5.40. The van der Waals surface area contributed by atoms with Crippen LogP contribution >= 0.6 is 0 Å². The fraction of sp³-hybridized carbons (Fsp3) is 0.0400. The van der Waals surface area contributed by atoms with E-state index in [1.165, 1.54) is 12.1 Å². The molecule has 4 aromatic carbocycles. The molecule has 0 fully saturated rings. The number of hydrogen-bond acceptors (Lipinski definition) is 4. The maximum Gasteiger partial charge on any atom is 0.416 e. The van der Waals surface area contributed by atoms with Crippen LogP contribution in [-0.4, -0.2) is 26.7 Å². The molecular weight excluding hydrogens is 457 g/mol. The molecule has 0 spiro atoms. The fourth-order valence-corrected chi connectivity index (χ4v) is 3.82. The van der Waals surface area contributed by atoms with Gasteiger partial charge in [-0.25, -0.2) is 4.79 Å². The number of aromatic nitrogens is 4. The van der Waals surface area contributed by atoms with E-state index >= 15 is 0 Å². The molecule has 5 rings (SSSR count). The third kappa shape index (κ3) is 4.67. The molecule has 0 unspecified atom stereocenters. The Morgan fingerprint density at radius 1 is 0.829 bits per heavy atom. The molecule has 0 radical (unpaired) electrons. The van der Waals surface area contributed by atoms with E-state index in [9.17, 15) is 18.0 Å². The maximum absolute atomic E-state index is 13.0. The van der Waals surface area contributed by atoms with E-state index in [0.29, 0.717) is 11.3 Å². The Hall–Kier alpha value is -4.73. The van der Waals surface area contributed by atoms with Gasteiger partial charge in [-0.15, -0.1) is 10.2 Å². The number of tetrazole rings is 1. The molecule has 0 aliphatic heterocycles. The van der Waals surface area contributed by atoms with Crippen molar-refractivity contribution in [3.05, 3.63) is 90.5 Å². The van der Waals surface area contributed by atoms with E-state index in [2.05, 4.69) is 31.3 Å². The molecule has 0 aliphatic carbocycles. The van der Waals surface area contributed by atoms with E-state index in [-0.39, 0.29) is 11.5 Å². The van der Waals surface area contributed by atoms with Crippen molar-refractivity contribution in [2.24, 2.45) is 0 Å². The summed E-state index contributed by atoms with van der Waals surface area (Å²) in [7, 11) is 0. The number of urea groups is 1. The highest BCUT2D eigenvalue weighted by Crippen LogP contribution is 2.35. The molecule has 10 heteroatoms. The predicted octanol–water partition coefficient (Wildman–Crippen LogP) is 6.35. The number of anilines is 2. The number of aromatic amines is 1. The van der Waals surface area contributed by atoms with Crippen molar-refractivity contribution in [3.8, 4) is 22.5 Å². The Morgan fingerprint density at radius 2 is 1.63 bits per heavy atom. The van der Waals surface area contributed by atoms with Crippen LogP contribution in [0.3, 0.4) is 0 Å². The first kappa shape index (κ1) is 22.1. The average Bonchev–Trinajstić information content (AvgIpc) is 3.38. The normalized spacial score (nSPS) is 11.4. The zero-order valence-corrected chi connectivity index (χ0v) is 18.0. The van der Waals surface area contributed by atoms with Gasteiger partial charge in [0.1, 0.15) is 0 Å². The quantitative estimate of drug-likeness (QED) is 0.283. The first-order chi connectivity index (χ1) is 16.9. The Kier molecular flexibility index (Phi) is 5.61. The van der Waals surface area contributed by atoms with Gasteiger partial charge in [-0.3, -0.25) is 0 Å². The molecule has 174 valence electrons. The van der Waals surface area contributed by atoms with Gasteiger partial charge >= 0.3 is 12.2 Å². The molecule has 0 saturated heterocycles. The zero-order valence-electron chi connectivity index (χ0n) is 18.0. The Bertz CT molecular complexity index is 1510. The van der Waals surface area contributed by atoms with E-state index < -0.39 is 17.8 Å². The number of amides is 2. The summed E-state index contributed by atoms with van der Waals surface area (Å²) in [4.78, 5) is 12.6. The molecule has 7 nitrogen and oxygen atoms in total. The molecular formula is C25H17F3N6O. The topological polar surface area (TPSA) is 95.6 Å². The first-order valence-corrected chi connectivity index (χ1v) is 10.5. The summed E-state index contributed by atoms with van der Waals surface area (Å²) in [6.07, 6.45) is -4.52. The number of fused-ring (bicyclic) bond motifs is 1. The van der Waals surface area contributed by atoms with Crippen LogP contribution in [0.2, 0.25) is 0 Å². The summed E-state index contributed by atoms with van der Waals surface area (Å²) in [6.45, 7) is 0. The van der Waals surface area contributed by atoms with Crippen molar-refractivity contribution < 1.29 is 18.0 Å². The second-order valence-corrected chi connectivity index (χ2v) is 7.68. The van der Waals surface area contributed by atoms with Gasteiger partial charge in [0.2, 0.25) is 5.82 Å². The number of carbonyl (C=O) groups excluding carboxylic acids is 1. The Balaban J connectivity index is 1.47. The van der Waals surface area contributed by atoms with Crippen LogP contribution in [0.5, 0.6) is 0 Å². The van der Waals surface area contributed by atoms with Gasteiger partial charge in [0.05, 0.1) is 11.3 Å². The molecule has 0 saturated carbocycles. The van der Waals surface area contributed by atoms with E-state index in [4.69, 9.17) is 0 Å². The monoisotopic (exact) mass is 474 g/mol. The lowest BCUT2D eigenvalue weighted by Crippen LogP contribution is -2.20. The van der Waals surface area contributed by atoms with Crippen LogP contribution in [0.4, 0.5) is 29.3 Å². The van der Waals surface area contributed by atoms with Gasteiger partial charge in [0, 0.05) is 11.3 Å². The largest absolute Gasteiger partial charge is 0.416 e. The zero-order chi connectivity index (χ0) is 24.4. The number of nitrogens with one attached hydrogen (secondary N) is 3. The smallest absolute Gasteiger partial charge is 0.308 e. The molecule has 0 aliphatic rings. The van der Waals surface area contributed by atoms with Crippen molar-refractivity contribution in [3.63, 3.8) is 0 Å². The second kappa shape index (κ2) is 8.90. The number of nitrogens with zero attached hydrogens (tertiary/aromatic N) is 3. The SMILES string of the molecule is O=C(Nc1cccc(C(F)(F)F)c1)Nc1ccc(-c2cccc3ccccc23)cc1-c1nn[nH]n1. The molecule has 1 aromatic heterocycles. The summed E-state index contributed by atoms with van der Waals surface area (Å²) in [5.74, 6) is 0.251. The lowest BCUT2D eigenvalue weighted by Gasteiger charge is -2.14. The van der Waals surface area contributed by atoms with Gasteiger partial charge in [-0.2, -0.15) is 18.4 Å². The van der Waals surface area contributed by atoms with Gasteiger partial charge in [0.15, 0.2) is 0 Å². The van der Waals surface area contributed by atoms with Gasteiger partial charge < -0.3 is 10.6 Å². The van der Waals surface area contributed by atoms with Crippen LogP contribution < -0.4 is 10.6 Å². The van der Waals surface area contributed by atoms with Crippen molar-refractivity contribution in [1.29, 1.82) is 0 Å². The lowest BCUT2D eigenvalue weighted by atomic mass is 9.96. The second-order valence-electron chi connectivity index (χ2n) is 7.68. The Morgan fingerprint density at radius 3 is 2.43 bits per heavy atom. The summed E-state index contributed by atoms with van der Waals surface area (Å²) in [5.41, 5.74) is 1.84. The van der Waals surface area contributed by atoms with Crippen molar-refractivity contribution in [2.75, 3.05) is 10.6 Å². The summed E-state index contributed by atoms with van der Waals surface area (Å²) in [6, 6.07) is 23.0. The molecule has 3 N–H and O–H groups in total. The van der Waals surface area contributed by atoms with E-state index in [1.54, 1.807) is 6.07 Å². The van der Waals surface area contributed by atoms with E-state index in [0.717, 1.165) is 34.0 Å². The molecule has 0 bridgehead atoms. The Labute approximate surface area is 197 Å². The number of alkyl halides is 3. The van der Waals surface area contributed by atoms with Gasteiger partial charge in [0.25, 0.3) is 0 Å². The minimum atomic E-state index is -4.52. The van der Waals surface area contributed by atoms with Gasteiger partial charge in [-0.05, 0) is 57.4 Å². The highest BCUT2D eigenvalue weighted by atomic mass is 19.4. The number of hydrogen-bond donors (Lipinski definition) is 3. The summed E-state index contributed by atoms with van der Waals surface area (Å²) in [5, 5.41) is 21.3. The summed E-state index contributed by atoms with van der Waals surface area (Å²) >= 11 is 0. The van der Waals surface area contributed by atoms with E-state index in [1.807, 2.05) is 54.6 Å².